The van der Waals surface area contributed by atoms with Crippen molar-refractivity contribution in [1.82, 2.24) is 0 Å². The predicted octanol–water partition coefficient (Wildman–Crippen LogP) is 4.81. The van der Waals surface area contributed by atoms with E-state index in [0.29, 0.717) is 30.0 Å². The molecule has 0 amide bonds. The molecule has 0 saturated heterocycles. The van der Waals surface area contributed by atoms with Crippen molar-refractivity contribution in [2.75, 3.05) is 6.61 Å². The van der Waals surface area contributed by atoms with Crippen molar-refractivity contribution in [3.8, 4) is 0 Å². The van der Waals surface area contributed by atoms with Crippen molar-refractivity contribution in [3.63, 3.8) is 0 Å². The smallest absolute Gasteiger partial charge is 0.0720 e. The number of rotatable bonds is 6. The maximum absolute atomic E-state index is 9.31. The first-order valence-electron chi connectivity index (χ1n) is 9.41. The van der Waals surface area contributed by atoms with Gasteiger partial charge in [0.2, 0.25) is 0 Å². The van der Waals surface area contributed by atoms with Crippen LogP contribution in [0.25, 0.3) is 0 Å². The van der Waals surface area contributed by atoms with Crippen LogP contribution in [-0.4, -0.2) is 17.8 Å². The van der Waals surface area contributed by atoms with Gasteiger partial charge in [0.1, 0.15) is 0 Å². The molecule has 128 valence electrons. The van der Waals surface area contributed by atoms with Crippen LogP contribution in [0.4, 0.5) is 0 Å². The summed E-state index contributed by atoms with van der Waals surface area (Å²) in [4.78, 5) is 0. The Morgan fingerprint density at radius 2 is 2.00 bits per heavy atom. The molecule has 0 heterocycles. The van der Waals surface area contributed by atoms with Crippen LogP contribution < -0.4 is 0 Å². The van der Waals surface area contributed by atoms with Gasteiger partial charge in [0.15, 0.2) is 0 Å². The molecule has 1 aromatic carbocycles. The highest BCUT2D eigenvalue weighted by Gasteiger charge is 2.52. The van der Waals surface area contributed by atoms with Crippen molar-refractivity contribution in [1.29, 1.82) is 0 Å². The number of hydrogen-bond acceptors (Lipinski definition) is 2. The number of aliphatic hydroxyl groups is 1. The Balaban J connectivity index is 1.65. The van der Waals surface area contributed by atoms with E-state index >= 15 is 0 Å². The molecule has 2 nitrogen and oxygen atoms in total. The fraction of sp³-hybridized carbons (Fsp3) is 0.714. The van der Waals surface area contributed by atoms with Gasteiger partial charge in [-0.25, -0.2) is 0 Å². The van der Waals surface area contributed by atoms with E-state index in [-0.39, 0.29) is 0 Å². The van der Waals surface area contributed by atoms with E-state index in [2.05, 4.69) is 44.2 Å². The Hall–Kier alpha value is -0.860. The molecule has 0 bridgehead atoms. The first-order chi connectivity index (χ1) is 11.1. The molecule has 5 atom stereocenters. The van der Waals surface area contributed by atoms with Crippen LogP contribution in [0.5, 0.6) is 0 Å². The van der Waals surface area contributed by atoms with Gasteiger partial charge in [-0.1, -0.05) is 50.6 Å². The molecule has 23 heavy (non-hydrogen) atoms. The first-order valence-corrected chi connectivity index (χ1v) is 9.41. The topological polar surface area (TPSA) is 29.5 Å². The maximum atomic E-state index is 9.31. The zero-order chi connectivity index (χ0) is 16.3. The molecule has 2 saturated carbocycles. The van der Waals surface area contributed by atoms with Crippen molar-refractivity contribution >= 4 is 0 Å². The van der Waals surface area contributed by atoms with Gasteiger partial charge < -0.3 is 9.84 Å². The molecule has 0 spiro atoms. The Bertz CT molecular complexity index is 486. The van der Waals surface area contributed by atoms with E-state index in [1.165, 1.54) is 37.7 Å². The van der Waals surface area contributed by atoms with E-state index in [4.69, 9.17) is 4.74 Å². The number of hydrogen-bond donors (Lipinski definition) is 1. The zero-order valence-corrected chi connectivity index (χ0v) is 14.7. The summed E-state index contributed by atoms with van der Waals surface area (Å²) in [5.74, 6) is 2.08. The lowest BCUT2D eigenvalue weighted by Gasteiger charge is -2.46. The molecule has 2 aliphatic carbocycles. The summed E-state index contributed by atoms with van der Waals surface area (Å²) >= 11 is 0. The Morgan fingerprint density at radius 3 is 2.74 bits per heavy atom. The fourth-order valence-electron chi connectivity index (χ4n) is 5.48. The van der Waals surface area contributed by atoms with Gasteiger partial charge in [0, 0.05) is 6.61 Å². The van der Waals surface area contributed by atoms with Crippen LogP contribution in [0, 0.1) is 23.2 Å². The van der Waals surface area contributed by atoms with Crippen LogP contribution >= 0.6 is 0 Å². The third kappa shape index (κ3) is 3.49. The van der Waals surface area contributed by atoms with E-state index in [1.54, 1.807) is 0 Å². The van der Waals surface area contributed by atoms with E-state index in [0.717, 1.165) is 18.9 Å². The average Bonchev–Trinajstić information content (AvgIpc) is 2.91. The quantitative estimate of drug-likeness (QED) is 0.816. The molecule has 2 aliphatic rings. The molecule has 0 radical (unpaired) electrons. The van der Waals surface area contributed by atoms with Crippen molar-refractivity contribution in [2.24, 2.45) is 23.2 Å². The molecular formula is C21H32O2. The Labute approximate surface area is 141 Å². The van der Waals surface area contributed by atoms with Gasteiger partial charge >= 0.3 is 0 Å². The lowest BCUT2D eigenvalue weighted by atomic mass is 9.61. The van der Waals surface area contributed by atoms with Crippen LogP contribution in [-0.2, 0) is 11.3 Å². The highest BCUT2D eigenvalue weighted by molar-refractivity contribution is 5.13. The minimum absolute atomic E-state index is 0.326. The summed E-state index contributed by atoms with van der Waals surface area (Å²) in [6, 6.07) is 10.6. The SMILES string of the molecule is C[C@H](CCO)[C@H]1CC[C@H]2[C@@H](OCc3ccccc3)CCC[C@]12C. The highest BCUT2D eigenvalue weighted by Crippen LogP contribution is 2.58. The fourth-order valence-corrected chi connectivity index (χ4v) is 5.48. The van der Waals surface area contributed by atoms with E-state index < -0.39 is 0 Å². The highest BCUT2D eigenvalue weighted by atomic mass is 16.5. The number of ether oxygens (including phenoxy) is 1. The standard InChI is InChI=1S/C21H32O2/c1-16(12-14-22)18-10-11-19-20(9-6-13-21(18,19)2)23-15-17-7-4-3-5-8-17/h3-5,7-8,16,18-20,22H,6,9-15H2,1-2H3/t16-,18-,19+,20+,21-/m1/s1. The van der Waals surface area contributed by atoms with Crippen molar-refractivity contribution < 1.29 is 9.84 Å². The van der Waals surface area contributed by atoms with E-state index in [9.17, 15) is 5.11 Å². The number of benzene rings is 1. The summed E-state index contributed by atoms with van der Waals surface area (Å²) in [6.07, 6.45) is 7.82. The Kier molecular flexibility index (Phi) is 5.43. The molecule has 2 fully saturated rings. The summed E-state index contributed by atoms with van der Waals surface area (Å²) in [5.41, 5.74) is 1.69. The number of fused-ring (bicyclic) bond motifs is 1. The molecule has 0 unspecified atom stereocenters. The molecule has 1 aromatic rings. The summed E-state index contributed by atoms with van der Waals surface area (Å²) < 4.78 is 6.39. The third-order valence-corrected chi connectivity index (χ3v) is 6.71. The van der Waals surface area contributed by atoms with Crippen LogP contribution in [0.15, 0.2) is 30.3 Å². The molecule has 1 N–H and O–H groups in total. The predicted molar refractivity (Wildman–Crippen MR) is 94.1 cm³/mol. The van der Waals surface area contributed by atoms with Gasteiger partial charge in [-0.05, 0) is 60.8 Å². The third-order valence-electron chi connectivity index (χ3n) is 6.71. The Morgan fingerprint density at radius 1 is 1.22 bits per heavy atom. The zero-order valence-electron chi connectivity index (χ0n) is 14.7. The second kappa shape index (κ2) is 7.36. The maximum Gasteiger partial charge on any atom is 0.0720 e. The minimum atomic E-state index is 0.326. The van der Waals surface area contributed by atoms with Crippen molar-refractivity contribution in [3.05, 3.63) is 35.9 Å². The largest absolute Gasteiger partial charge is 0.396 e. The molecular weight excluding hydrogens is 284 g/mol. The summed E-state index contributed by atoms with van der Waals surface area (Å²) in [6.45, 7) is 5.91. The summed E-state index contributed by atoms with van der Waals surface area (Å²) in [5, 5.41) is 9.31. The lowest BCUT2D eigenvalue weighted by molar-refractivity contribution is -0.0769. The average molecular weight is 316 g/mol. The lowest BCUT2D eigenvalue weighted by Crippen LogP contribution is -2.42. The molecule has 3 rings (SSSR count). The van der Waals surface area contributed by atoms with E-state index in [1.807, 2.05) is 0 Å². The van der Waals surface area contributed by atoms with Crippen LogP contribution in [0.3, 0.4) is 0 Å². The second-order valence-electron chi connectivity index (χ2n) is 8.01. The van der Waals surface area contributed by atoms with Gasteiger partial charge in [0.05, 0.1) is 12.7 Å². The molecule has 2 heteroatoms. The monoisotopic (exact) mass is 316 g/mol. The normalized spacial score (nSPS) is 35.0. The van der Waals surface area contributed by atoms with Gasteiger partial charge in [-0.3, -0.25) is 0 Å². The summed E-state index contributed by atoms with van der Waals surface area (Å²) in [7, 11) is 0. The van der Waals surface area contributed by atoms with Crippen LogP contribution in [0.2, 0.25) is 0 Å². The first kappa shape index (κ1) is 17.0. The minimum Gasteiger partial charge on any atom is -0.396 e. The number of aliphatic hydroxyl groups excluding tert-OH is 1. The molecule has 0 aliphatic heterocycles. The van der Waals surface area contributed by atoms with Gasteiger partial charge in [0.25, 0.3) is 0 Å². The van der Waals surface area contributed by atoms with Gasteiger partial charge in [-0.15, -0.1) is 0 Å². The van der Waals surface area contributed by atoms with Crippen LogP contribution in [0.1, 0.15) is 57.9 Å². The molecule has 0 aromatic heterocycles. The van der Waals surface area contributed by atoms with Gasteiger partial charge in [-0.2, -0.15) is 0 Å². The second-order valence-corrected chi connectivity index (χ2v) is 8.01. The van der Waals surface area contributed by atoms with Crippen molar-refractivity contribution in [2.45, 2.75) is 65.1 Å².